The van der Waals surface area contributed by atoms with Crippen LogP contribution in [-0.4, -0.2) is 14.6 Å². The zero-order valence-corrected chi connectivity index (χ0v) is 10.1. The van der Waals surface area contributed by atoms with Crippen LogP contribution in [0, 0.1) is 0 Å². The molecule has 7 heteroatoms. The molecule has 0 radical (unpaired) electrons. The third-order valence-electron chi connectivity index (χ3n) is 2.81. The molecule has 2 N–H and O–H groups in total. The molecule has 2 heterocycles. The highest BCUT2D eigenvalue weighted by molar-refractivity contribution is 5.61. The Morgan fingerprint density at radius 2 is 1.90 bits per heavy atom. The summed E-state index contributed by atoms with van der Waals surface area (Å²) in [4.78, 5) is 4.17. The van der Waals surface area contributed by atoms with Crippen LogP contribution in [0.15, 0.2) is 42.6 Å². The van der Waals surface area contributed by atoms with Crippen molar-refractivity contribution >= 4 is 11.3 Å². The molecule has 0 aliphatic carbocycles. The van der Waals surface area contributed by atoms with Gasteiger partial charge in [-0.3, -0.25) is 0 Å². The number of anilines is 1. The second-order valence-electron chi connectivity index (χ2n) is 4.28. The van der Waals surface area contributed by atoms with E-state index in [2.05, 4.69) is 10.1 Å². The van der Waals surface area contributed by atoms with E-state index in [1.54, 1.807) is 18.3 Å². The van der Waals surface area contributed by atoms with Crippen LogP contribution in [0.5, 0.6) is 0 Å². The van der Waals surface area contributed by atoms with Gasteiger partial charge in [0.25, 0.3) is 0 Å². The summed E-state index contributed by atoms with van der Waals surface area (Å²) in [5, 5.41) is 4.13. The van der Waals surface area contributed by atoms with Crippen LogP contribution in [0.2, 0.25) is 0 Å². The number of nitrogens with two attached hydrogens (primary N) is 1. The van der Waals surface area contributed by atoms with Crippen molar-refractivity contribution in [3.8, 4) is 11.4 Å². The van der Waals surface area contributed by atoms with Gasteiger partial charge < -0.3 is 5.73 Å². The number of halogens is 3. The highest BCUT2D eigenvalue weighted by Gasteiger charge is 2.30. The van der Waals surface area contributed by atoms with Crippen molar-refractivity contribution in [1.29, 1.82) is 0 Å². The van der Waals surface area contributed by atoms with E-state index in [9.17, 15) is 13.2 Å². The Kier molecular flexibility index (Phi) is 2.63. The van der Waals surface area contributed by atoms with Crippen molar-refractivity contribution in [3.63, 3.8) is 0 Å². The van der Waals surface area contributed by atoms with Crippen molar-refractivity contribution in [2.24, 2.45) is 0 Å². The number of pyridine rings is 1. The molecule has 0 saturated heterocycles. The first kappa shape index (κ1) is 12.5. The van der Waals surface area contributed by atoms with Crippen molar-refractivity contribution in [1.82, 2.24) is 14.6 Å². The Hall–Kier alpha value is -2.57. The van der Waals surface area contributed by atoms with Crippen LogP contribution in [0.25, 0.3) is 17.0 Å². The fraction of sp³-hybridized carbons (Fsp3) is 0.0769. The Balaban J connectivity index is 2.11. The van der Waals surface area contributed by atoms with Crippen LogP contribution in [0.3, 0.4) is 0 Å². The topological polar surface area (TPSA) is 56.2 Å². The molecule has 0 aliphatic heterocycles. The molecule has 4 nitrogen and oxygen atoms in total. The normalized spacial score (nSPS) is 11.9. The maximum atomic E-state index is 12.7. The molecule has 0 saturated carbocycles. The molecule has 3 aromatic rings. The summed E-state index contributed by atoms with van der Waals surface area (Å²) in [5.74, 6) is 0.224. The van der Waals surface area contributed by atoms with Crippen LogP contribution >= 0.6 is 0 Å². The molecule has 0 spiro atoms. The largest absolute Gasteiger partial charge is 0.416 e. The average molecular weight is 278 g/mol. The molecule has 0 unspecified atom stereocenters. The van der Waals surface area contributed by atoms with Crippen LogP contribution < -0.4 is 5.73 Å². The number of benzene rings is 1. The number of nitrogen functional groups attached to an aromatic ring is 1. The quantitative estimate of drug-likeness (QED) is 0.744. The first-order valence-corrected chi connectivity index (χ1v) is 5.73. The lowest BCUT2D eigenvalue weighted by Crippen LogP contribution is -2.04. The van der Waals surface area contributed by atoms with E-state index in [4.69, 9.17) is 5.73 Å². The van der Waals surface area contributed by atoms with Gasteiger partial charge in [0.2, 0.25) is 0 Å². The summed E-state index contributed by atoms with van der Waals surface area (Å²) in [5.41, 5.74) is 6.20. The Morgan fingerprint density at radius 1 is 1.10 bits per heavy atom. The van der Waals surface area contributed by atoms with Gasteiger partial charge in [0.1, 0.15) is 0 Å². The van der Waals surface area contributed by atoms with E-state index in [0.29, 0.717) is 16.9 Å². The van der Waals surface area contributed by atoms with E-state index >= 15 is 0 Å². The van der Waals surface area contributed by atoms with Crippen molar-refractivity contribution in [2.75, 3.05) is 5.73 Å². The monoisotopic (exact) mass is 278 g/mol. The third kappa shape index (κ3) is 2.18. The number of fused-ring (bicyclic) bond motifs is 1. The smallest absolute Gasteiger partial charge is 0.399 e. The second kappa shape index (κ2) is 4.22. The average Bonchev–Trinajstić information content (AvgIpc) is 2.81. The number of rotatable bonds is 1. The molecular formula is C13H9F3N4. The minimum atomic E-state index is -4.39. The maximum Gasteiger partial charge on any atom is 0.416 e. The molecule has 3 rings (SSSR count). The Bertz CT molecular complexity index is 777. The molecule has 0 atom stereocenters. The fourth-order valence-electron chi connectivity index (χ4n) is 1.85. The summed E-state index contributed by atoms with van der Waals surface area (Å²) < 4.78 is 39.5. The first-order valence-electron chi connectivity index (χ1n) is 5.73. The molecule has 0 amide bonds. The third-order valence-corrected chi connectivity index (χ3v) is 2.81. The van der Waals surface area contributed by atoms with Gasteiger partial charge in [0.15, 0.2) is 11.5 Å². The SMILES string of the molecule is Nc1ccn2nc(-c3cccc(C(F)(F)F)c3)nc2c1. The number of alkyl halides is 3. The Labute approximate surface area is 111 Å². The van der Waals surface area contributed by atoms with E-state index < -0.39 is 11.7 Å². The molecule has 0 aliphatic rings. The van der Waals surface area contributed by atoms with E-state index in [1.165, 1.54) is 16.6 Å². The molecular weight excluding hydrogens is 269 g/mol. The minimum Gasteiger partial charge on any atom is -0.399 e. The molecule has 102 valence electrons. The molecule has 2 aromatic heterocycles. The van der Waals surface area contributed by atoms with Crippen LogP contribution in [0.1, 0.15) is 5.56 Å². The van der Waals surface area contributed by atoms with Gasteiger partial charge in [-0.1, -0.05) is 12.1 Å². The zero-order chi connectivity index (χ0) is 14.3. The summed E-state index contributed by atoms with van der Waals surface area (Å²) >= 11 is 0. The van der Waals surface area contributed by atoms with E-state index in [0.717, 1.165) is 12.1 Å². The number of hydrogen-bond donors (Lipinski definition) is 1. The van der Waals surface area contributed by atoms with Crippen molar-refractivity contribution in [3.05, 3.63) is 48.2 Å². The second-order valence-corrected chi connectivity index (χ2v) is 4.28. The molecule has 1 aromatic carbocycles. The van der Waals surface area contributed by atoms with Crippen molar-refractivity contribution in [2.45, 2.75) is 6.18 Å². The summed E-state index contributed by atoms with van der Waals surface area (Å²) in [6.07, 6.45) is -2.78. The molecule has 0 fully saturated rings. The van der Waals surface area contributed by atoms with Crippen molar-refractivity contribution < 1.29 is 13.2 Å². The highest BCUT2D eigenvalue weighted by atomic mass is 19.4. The molecule has 0 bridgehead atoms. The predicted molar refractivity (Wildman–Crippen MR) is 67.8 cm³/mol. The standard InChI is InChI=1S/C13H9F3N4/c14-13(15,16)9-3-1-2-8(6-9)12-18-11-7-10(17)4-5-20(11)19-12/h1-7H,17H2. The summed E-state index contributed by atoms with van der Waals surface area (Å²) in [7, 11) is 0. The number of nitrogens with zero attached hydrogens (tertiary/aromatic N) is 3. The summed E-state index contributed by atoms with van der Waals surface area (Å²) in [6, 6.07) is 8.14. The van der Waals surface area contributed by atoms with Gasteiger partial charge in [0.05, 0.1) is 5.56 Å². The fourth-order valence-corrected chi connectivity index (χ4v) is 1.85. The van der Waals surface area contributed by atoms with Gasteiger partial charge >= 0.3 is 6.18 Å². The zero-order valence-electron chi connectivity index (χ0n) is 10.1. The highest BCUT2D eigenvalue weighted by Crippen LogP contribution is 2.31. The van der Waals surface area contributed by atoms with Gasteiger partial charge in [-0.25, -0.2) is 9.50 Å². The number of hydrogen-bond acceptors (Lipinski definition) is 3. The predicted octanol–water partition coefficient (Wildman–Crippen LogP) is 3.00. The Morgan fingerprint density at radius 3 is 2.65 bits per heavy atom. The first-order chi connectivity index (χ1) is 9.43. The van der Waals surface area contributed by atoms with E-state index in [1.807, 2.05) is 0 Å². The van der Waals surface area contributed by atoms with Crippen LogP contribution in [0.4, 0.5) is 18.9 Å². The lowest BCUT2D eigenvalue weighted by Gasteiger charge is -2.06. The van der Waals surface area contributed by atoms with Gasteiger partial charge in [-0.2, -0.15) is 13.2 Å². The van der Waals surface area contributed by atoms with Crippen LogP contribution in [-0.2, 0) is 6.18 Å². The lowest BCUT2D eigenvalue weighted by molar-refractivity contribution is -0.137. The maximum absolute atomic E-state index is 12.7. The minimum absolute atomic E-state index is 0.224. The van der Waals surface area contributed by atoms with Gasteiger partial charge in [0, 0.05) is 23.5 Å². The van der Waals surface area contributed by atoms with E-state index in [-0.39, 0.29) is 5.82 Å². The number of aromatic nitrogens is 3. The molecule has 20 heavy (non-hydrogen) atoms. The van der Waals surface area contributed by atoms with Gasteiger partial charge in [-0.05, 0) is 18.2 Å². The summed E-state index contributed by atoms with van der Waals surface area (Å²) in [6.45, 7) is 0. The van der Waals surface area contributed by atoms with Gasteiger partial charge in [-0.15, -0.1) is 5.10 Å². The lowest BCUT2D eigenvalue weighted by atomic mass is 10.1.